The number of para-hydroxylation sites is 1. The number of aryl methyl sites for hydroxylation is 1. The monoisotopic (exact) mass is 470 g/mol. The van der Waals surface area contributed by atoms with Crippen molar-refractivity contribution in [3.8, 4) is 5.75 Å². The smallest absolute Gasteiger partial charge is 0.123 e. The van der Waals surface area contributed by atoms with Gasteiger partial charge in [0.15, 0.2) is 0 Å². The van der Waals surface area contributed by atoms with Gasteiger partial charge in [0.2, 0.25) is 0 Å². The molecule has 0 spiro atoms. The molecular formula is C30H33NO2P+. The average molecular weight is 471 g/mol. The maximum absolute atomic E-state index is 11.4. The minimum absolute atomic E-state index is 0.244. The van der Waals surface area contributed by atoms with E-state index in [4.69, 9.17) is 10.5 Å². The molecule has 0 bridgehead atoms. The molecule has 4 aromatic carbocycles. The van der Waals surface area contributed by atoms with Crippen LogP contribution in [-0.4, -0.2) is 30.5 Å². The quantitative estimate of drug-likeness (QED) is 0.321. The SMILES string of the molecule is NCCCc1ccccc1OCC(O)C[P+](c1ccccc1)(c1ccccc1)c1ccccc1. The van der Waals surface area contributed by atoms with E-state index in [-0.39, 0.29) is 6.61 Å². The molecule has 3 nitrogen and oxygen atoms in total. The molecule has 0 amide bonds. The van der Waals surface area contributed by atoms with Gasteiger partial charge in [0, 0.05) is 0 Å². The average Bonchev–Trinajstić information content (AvgIpc) is 2.91. The minimum atomic E-state index is -2.11. The Morgan fingerprint density at radius 1 is 0.676 bits per heavy atom. The summed E-state index contributed by atoms with van der Waals surface area (Å²) >= 11 is 0. The largest absolute Gasteiger partial charge is 0.490 e. The molecule has 1 unspecified atom stereocenters. The molecule has 0 aliphatic rings. The fraction of sp³-hybridized carbons (Fsp3) is 0.200. The Morgan fingerprint density at radius 3 is 1.65 bits per heavy atom. The van der Waals surface area contributed by atoms with Crippen molar-refractivity contribution in [2.24, 2.45) is 5.73 Å². The van der Waals surface area contributed by atoms with Crippen LogP contribution in [0.2, 0.25) is 0 Å². The van der Waals surface area contributed by atoms with Gasteiger partial charge in [0.25, 0.3) is 0 Å². The van der Waals surface area contributed by atoms with Crippen LogP contribution in [0.25, 0.3) is 0 Å². The number of hydrogen-bond donors (Lipinski definition) is 2. The number of ether oxygens (including phenoxy) is 1. The molecule has 0 aromatic heterocycles. The van der Waals surface area contributed by atoms with Crippen LogP contribution in [0.3, 0.4) is 0 Å². The Balaban J connectivity index is 1.67. The van der Waals surface area contributed by atoms with Crippen molar-refractivity contribution in [3.63, 3.8) is 0 Å². The topological polar surface area (TPSA) is 55.5 Å². The zero-order valence-corrected chi connectivity index (χ0v) is 20.4. The van der Waals surface area contributed by atoms with Crippen LogP contribution < -0.4 is 26.4 Å². The molecule has 0 aliphatic heterocycles. The molecule has 4 rings (SSSR count). The zero-order chi connectivity index (χ0) is 23.6. The lowest BCUT2D eigenvalue weighted by Crippen LogP contribution is -2.38. The van der Waals surface area contributed by atoms with E-state index < -0.39 is 13.4 Å². The number of nitrogens with two attached hydrogens (primary N) is 1. The Bertz CT molecular complexity index is 1040. The zero-order valence-electron chi connectivity index (χ0n) is 19.5. The van der Waals surface area contributed by atoms with Crippen molar-refractivity contribution in [2.45, 2.75) is 18.9 Å². The normalized spacial score (nSPS) is 12.3. The van der Waals surface area contributed by atoms with Gasteiger partial charge < -0.3 is 15.6 Å². The van der Waals surface area contributed by atoms with E-state index in [9.17, 15) is 5.11 Å². The van der Waals surface area contributed by atoms with Gasteiger partial charge in [-0.2, -0.15) is 0 Å². The van der Waals surface area contributed by atoms with Gasteiger partial charge in [-0.15, -0.1) is 0 Å². The molecule has 34 heavy (non-hydrogen) atoms. The van der Waals surface area contributed by atoms with Gasteiger partial charge in [-0.25, -0.2) is 0 Å². The Morgan fingerprint density at radius 2 is 1.15 bits per heavy atom. The fourth-order valence-corrected chi connectivity index (χ4v) is 8.82. The van der Waals surface area contributed by atoms with E-state index in [1.54, 1.807) is 0 Å². The summed E-state index contributed by atoms with van der Waals surface area (Å²) in [5.74, 6) is 0.832. The summed E-state index contributed by atoms with van der Waals surface area (Å²) in [5, 5.41) is 15.2. The molecule has 174 valence electrons. The third kappa shape index (κ3) is 5.56. The summed E-state index contributed by atoms with van der Waals surface area (Å²) in [6.45, 7) is 0.892. The van der Waals surface area contributed by atoms with Gasteiger partial charge in [-0.3, -0.25) is 0 Å². The Kier molecular flexibility index (Phi) is 8.49. The fourth-order valence-electron chi connectivity index (χ4n) is 4.51. The van der Waals surface area contributed by atoms with Crippen molar-refractivity contribution >= 4 is 23.2 Å². The molecule has 3 N–H and O–H groups in total. The summed E-state index contributed by atoms with van der Waals surface area (Å²) < 4.78 is 6.18. The van der Waals surface area contributed by atoms with Crippen LogP contribution >= 0.6 is 7.26 Å². The van der Waals surface area contributed by atoms with Gasteiger partial charge >= 0.3 is 0 Å². The first-order chi connectivity index (χ1) is 16.7. The second kappa shape index (κ2) is 11.9. The highest BCUT2D eigenvalue weighted by molar-refractivity contribution is 7.95. The van der Waals surface area contributed by atoms with Gasteiger partial charge in [0.05, 0.1) is 0 Å². The summed E-state index contributed by atoms with van der Waals surface area (Å²) in [4.78, 5) is 0. The highest BCUT2D eigenvalue weighted by Gasteiger charge is 2.46. The number of rotatable bonds is 11. The molecule has 0 heterocycles. The first-order valence-electron chi connectivity index (χ1n) is 11.9. The van der Waals surface area contributed by atoms with E-state index in [0.717, 1.165) is 24.2 Å². The first-order valence-corrected chi connectivity index (χ1v) is 13.8. The highest BCUT2D eigenvalue weighted by Crippen LogP contribution is 2.55. The van der Waals surface area contributed by atoms with Crippen molar-refractivity contribution in [1.82, 2.24) is 0 Å². The molecule has 0 fully saturated rings. The molecule has 4 aromatic rings. The first kappa shape index (κ1) is 24.2. The molecule has 1 atom stereocenters. The molecule has 0 saturated carbocycles. The molecule has 0 radical (unpaired) electrons. The second-order valence-electron chi connectivity index (χ2n) is 8.46. The number of aliphatic hydroxyl groups is 1. The second-order valence-corrected chi connectivity index (χ2v) is 12.0. The van der Waals surface area contributed by atoms with E-state index >= 15 is 0 Å². The molecular weight excluding hydrogens is 437 g/mol. The minimum Gasteiger partial charge on any atom is -0.490 e. The maximum atomic E-state index is 11.4. The van der Waals surface area contributed by atoms with Crippen molar-refractivity contribution in [2.75, 3.05) is 19.3 Å². The van der Waals surface area contributed by atoms with Crippen LogP contribution in [-0.2, 0) is 6.42 Å². The van der Waals surface area contributed by atoms with E-state index in [1.807, 2.05) is 36.4 Å². The molecule has 0 aliphatic carbocycles. The van der Waals surface area contributed by atoms with E-state index in [1.165, 1.54) is 15.9 Å². The van der Waals surface area contributed by atoms with Gasteiger partial charge in [-0.1, -0.05) is 72.8 Å². The van der Waals surface area contributed by atoms with Crippen LogP contribution in [0, 0.1) is 0 Å². The van der Waals surface area contributed by atoms with Crippen LogP contribution in [0.1, 0.15) is 12.0 Å². The summed E-state index contributed by atoms with van der Waals surface area (Å²) in [6.07, 6.45) is 1.76. The van der Waals surface area contributed by atoms with E-state index in [2.05, 4.69) is 78.9 Å². The van der Waals surface area contributed by atoms with Crippen molar-refractivity contribution in [3.05, 3.63) is 121 Å². The number of benzene rings is 4. The summed E-state index contributed by atoms with van der Waals surface area (Å²) in [7, 11) is -2.11. The van der Waals surface area contributed by atoms with E-state index in [0.29, 0.717) is 12.7 Å². The highest BCUT2D eigenvalue weighted by atomic mass is 31.2. The maximum Gasteiger partial charge on any atom is 0.123 e. The Labute approximate surface area is 203 Å². The lowest BCUT2D eigenvalue weighted by atomic mass is 10.1. The summed E-state index contributed by atoms with van der Waals surface area (Å²) in [6, 6.07) is 39.9. The van der Waals surface area contributed by atoms with Gasteiger partial charge in [0.1, 0.15) is 47.8 Å². The number of hydrogen-bond acceptors (Lipinski definition) is 3. The van der Waals surface area contributed by atoms with Crippen molar-refractivity contribution < 1.29 is 9.84 Å². The Hall–Kier alpha value is -2.97. The predicted octanol–water partition coefficient (Wildman–Crippen LogP) is 4.31. The van der Waals surface area contributed by atoms with Gasteiger partial charge in [-0.05, 0) is 67.4 Å². The molecule has 4 heteroatoms. The predicted molar refractivity (Wildman–Crippen MR) is 145 cm³/mol. The third-order valence-corrected chi connectivity index (χ3v) is 10.6. The lowest BCUT2D eigenvalue weighted by Gasteiger charge is -2.29. The van der Waals surface area contributed by atoms with Crippen LogP contribution in [0.4, 0.5) is 0 Å². The van der Waals surface area contributed by atoms with Crippen molar-refractivity contribution in [1.29, 1.82) is 0 Å². The van der Waals surface area contributed by atoms with Crippen LogP contribution in [0.15, 0.2) is 115 Å². The lowest BCUT2D eigenvalue weighted by molar-refractivity contribution is 0.125. The van der Waals surface area contributed by atoms with Crippen LogP contribution in [0.5, 0.6) is 5.75 Å². The number of aliphatic hydroxyl groups excluding tert-OH is 1. The third-order valence-electron chi connectivity index (χ3n) is 6.13. The molecule has 0 saturated heterocycles. The summed E-state index contributed by atoms with van der Waals surface area (Å²) in [5.41, 5.74) is 6.84. The standard InChI is InChI=1S/C30H33NO2P/c31-22-12-14-25-13-10-11-21-30(25)33-23-26(32)24-34(27-15-4-1-5-16-27,28-17-6-2-7-18-28)29-19-8-3-9-20-29/h1-11,13,15-21,26,32H,12,14,22-24,31H2/q+1.